The molecule has 1 rings (SSSR count). The van der Waals surface area contributed by atoms with Crippen LogP contribution in [0.3, 0.4) is 0 Å². The molecule has 0 aliphatic heterocycles. The third-order valence-corrected chi connectivity index (χ3v) is 6.10. The minimum atomic E-state index is -1.22. The summed E-state index contributed by atoms with van der Waals surface area (Å²) < 4.78 is 10.4. The Morgan fingerprint density at radius 1 is 1.07 bits per heavy atom. The maximum Gasteiger partial charge on any atom is 0.407 e. The highest BCUT2D eigenvalue weighted by Crippen LogP contribution is 2.14. The van der Waals surface area contributed by atoms with Gasteiger partial charge in [-0.2, -0.15) is 0 Å². The molecule has 7 nitrogen and oxygen atoms in total. The highest BCUT2D eigenvalue weighted by Gasteiger charge is 2.20. The number of esters is 1. The first kappa shape index (κ1) is 24.7. The molecule has 0 aromatic heterocycles. The molecule has 1 aromatic rings. The number of carbonyl (C=O) groups excluding carboxylic acids is 3. The Bertz CT molecular complexity index is 646. The Balaban J connectivity index is 2.19. The molecule has 8 heteroatoms. The second kappa shape index (κ2) is 13.0. The summed E-state index contributed by atoms with van der Waals surface area (Å²) in [6, 6.07) is 10.3. The van der Waals surface area contributed by atoms with Crippen LogP contribution in [0.15, 0.2) is 30.3 Å². The lowest BCUT2D eigenvalue weighted by Gasteiger charge is -2.15. The summed E-state index contributed by atoms with van der Waals surface area (Å²) in [6.45, 7) is 7.74. The van der Waals surface area contributed by atoms with Crippen LogP contribution < -0.4 is 11.1 Å². The van der Waals surface area contributed by atoms with Gasteiger partial charge in [0.1, 0.15) is 6.61 Å². The van der Waals surface area contributed by atoms with E-state index in [2.05, 4.69) is 25.0 Å². The van der Waals surface area contributed by atoms with E-state index in [0.717, 1.165) is 11.6 Å². The van der Waals surface area contributed by atoms with Crippen molar-refractivity contribution in [3.8, 4) is 0 Å². The normalized spacial score (nSPS) is 12.1. The quantitative estimate of drug-likeness (QED) is 0.287. The van der Waals surface area contributed by atoms with E-state index in [4.69, 9.17) is 15.2 Å². The molecule has 0 spiro atoms. The van der Waals surface area contributed by atoms with E-state index >= 15 is 0 Å². The van der Waals surface area contributed by atoms with E-state index in [0.29, 0.717) is 32.4 Å². The van der Waals surface area contributed by atoms with Crippen LogP contribution in [0.25, 0.3) is 0 Å². The fourth-order valence-corrected chi connectivity index (χ4v) is 3.26. The Kier molecular flexibility index (Phi) is 11.0. The highest BCUT2D eigenvalue weighted by molar-refractivity contribution is 6.76. The Morgan fingerprint density at radius 3 is 2.38 bits per heavy atom. The predicted molar refractivity (Wildman–Crippen MR) is 115 cm³/mol. The van der Waals surface area contributed by atoms with Gasteiger partial charge in [-0.1, -0.05) is 56.4 Å². The molecule has 0 saturated carbocycles. The van der Waals surface area contributed by atoms with Crippen molar-refractivity contribution in [1.29, 1.82) is 0 Å². The van der Waals surface area contributed by atoms with Gasteiger partial charge in [-0.15, -0.1) is 0 Å². The molecule has 0 aliphatic carbocycles. The van der Waals surface area contributed by atoms with Crippen LogP contribution in [0.5, 0.6) is 0 Å². The molecule has 0 radical (unpaired) electrons. The van der Waals surface area contributed by atoms with Crippen LogP contribution in [0.1, 0.15) is 31.2 Å². The zero-order valence-corrected chi connectivity index (χ0v) is 18.7. The standard InChI is InChI=1S/C21H34N2O5Si/c1-29(2,3)14-13-27-21(26)23-12-8-7-11-18(20(22)25)15-19(24)28-16-17-9-5-4-6-10-17/h4-6,9-10,18H,7-8,11-16H2,1-3H3,(H2,22,25)(H,23,26)/t18-/m1/s1. The number of nitrogens with one attached hydrogen (secondary N) is 1. The van der Waals surface area contributed by atoms with E-state index in [1.165, 1.54) is 0 Å². The van der Waals surface area contributed by atoms with Gasteiger partial charge >= 0.3 is 12.1 Å². The van der Waals surface area contributed by atoms with Gasteiger partial charge in [0.2, 0.25) is 5.91 Å². The van der Waals surface area contributed by atoms with E-state index < -0.39 is 32.0 Å². The van der Waals surface area contributed by atoms with E-state index in [1.807, 2.05) is 30.3 Å². The summed E-state index contributed by atoms with van der Waals surface area (Å²) in [4.78, 5) is 35.2. The monoisotopic (exact) mass is 422 g/mol. The number of nitrogens with two attached hydrogens (primary N) is 1. The van der Waals surface area contributed by atoms with Crippen molar-refractivity contribution in [2.45, 2.75) is 58.0 Å². The van der Waals surface area contributed by atoms with Crippen molar-refractivity contribution in [2.75, 3.05) is 13.2 Å². The zero-order chi connectivity index (χ0) is 21.7. The largest absolute Gasteiger partial charge is 0.461 e. The highest BCUT2D eigenvalue weighted by atomic mass is 28.3. The maximum absolute atomic E-state index is 12.0. The van der Waals surface area contributed by atoms with Crippen molar-refractivity contribution in [3.05, 3.63) is 35.9 Å². The molecule has 0 heterocycles. The van der Waals surface area contributed by atoms with Crippen LogP contribution in [0, 0.1) is 5.92 Å². The lowest BCUT2D eigenvalue weighted by atomic mass is 9.98. The number of unbranched alkanes of at least 4 members (excludes halogenated alkanes) is 1. The summed E-state index contributed by atoms with van der Waals surface area (Å²) in [5.41, 5.74) is 6.30. The van der Waals surface area contributed by atoms with Gasteiger partial charge in [-0.25, -0.2) is 4.79 Å². The number of hydrogen-bond acceptors (Lipinski definition) is 5. The Labute approximate surface area is 174 Å². The molecule has 0 fully saturated rings. The number of primary amides is 1. The minimum absolute atomic E-state index is 0.0334. The van der Waals surface area contributed by atoms with Crippen molar-refractivity contribution in [3.63, 3.8) is 0 Å². The SMILES string of the molecule is C[Si](C)(C)CCOC(=O)NCCCC[C@H](CC(=O)OCc1ccccc1)C(N)=O. The van der Waals surface area contributed by atoms with Gasteiger partial charge in [0.05, 0.1) is 13.0 Å². The van der Waals surface area contributed by atoms with Crippen LogP contribution >= 0.6 is 0 Å². The predicted octanol–water partition coefficient (Wildman–Crippen LogP) is 3.46. The van der Waals surface area contributed by atoms with Crippen molar-refractivity contribution < 1.29 is 23.9 Å². The molecule has 3 N–H and O–H groups in total. The van der Waals surface area contributed by atoms with Crippen LogP contribution in [-0.2, 0) is 25.7 Å². The number of hydrogen-bond donors (Lipinski definition) is 2. The zero-order valence-electron chi connectivity index (χ0n) is 17.7. The average molecular weight is 423 g/mol. The van der Waals surface area contributed by atoms with Crippen LogP contribution in [0.2, 0.25) is 25.7 Å². The first-order chi connectivity index (χ1) is 13.7. The summed E-state index contributed by atoms with van der Waals surface area (Å²) >= 11 is 0. The molecular weight excluding hydrogens is 388 g/mol. The third kappa shape index (κ3) is 12.7. The summed E-state index contributed by atoms with van der Waals surface area (Å²) in [5, 5.41) is 2.70. The molecule has 29 heavy (non-hydrogen) atoms. The second-order valence-electron chi connectivity index (χ2n) is 8.32. The molecular formula is C21H34N2O5Si. The fraction of sp³-hybridized carbons (Fsp3) is 0.571. The van der Waals surface area contributed by atoms with Crippen molar-refractivity contribution in [1.82, 2.24) is 5.32 Å². The van der Waals surface area contributed by atoms with E-state index in [-0.39, 0.29) is 13.0 Å². The second-order valence-corrected chi connectivity index (χ2v) is 13.9. The van der Waals surface area contributed by atoms with E-state index in [9.17, 15) is 14.4 Å². The first-order valence-electron chi connectivity index (χ1n) is 10.1. The van der Waals surface area contributed by atoms with Crippen molar-refractivity contribution in [2.24, 2.45) is 11.7 Å². The first-order valence-corrected chi connectivity index (χ1v) is 13.8. The van der Waals surface area contributed by atoms with Gasteiger partial charge in [-0.3, -0.25) is 9.59 Å². The van der Waals surface area contributed by atoms with Crippen LogP contribution in [0.4, 0.5) is 4.79 Å². The molecule has 1 atom stereocenters. The Morgan fingerprint density at radius 2 is 1.76 bits per heavy atom. The molecule has 0 unspecified atom stereocenters. The molecule has 0 saturated heterocycles. The number of ether oxygens (including phenoxy) is 2. The third-order valence-electron chi connectivity index (χ3n) is 4.39. The lowest BCUT2D eigenvalue weighted by Crippen LogP contribution is -2.29. The number of alkyl carbamates (subject to hydrolysis) is 1. The van der Waals surface area contributed by atoms with Gasteiger partial charge in [0, 0.05) is 20.5 Å². The van der Waals surface area contributed by atoms with Gasteiger partial charge in [-0.05, 0) is 24.4 Å². The molecule has 0 aliphatic rings. The molecule has 0 bridgehead atoms. The molecule has 1 aromatic carbocycles. The van der Waals surface area contributed by atoms with Gasteiger partial charge in [0.15, 0.2) is 0 Å². The summed E-state index contributed by atoms with van der Waals surface area (Å²) in [6.07, 6.45) is 1.36. The fourth-order valence-electron chi connectivity index (χ4n) is 2.55. The molecule has 2 amide bonds. The van der Waals surface area contributed by atoms with Gasteiger partial charge in [0.25, 0.3) is 0 Å². The smallest absolute Gasteiger partial charge is 0.407 e. The van der Waals surface area contributed by atoms with Gasteiger partial charge < -0.3 is 20.5 Å². The topological polar surface area (TPSA) is 108 Å². The maximum atomic E-state index is 12.0. The minimum Gasteiger partial charge on any atom is -0.461 e. The number of rotatable bonds is 13. The number of benzene rings is 1. The van der Waals surface area contributed by atoms with E-state index in [1.54, 1.807) is 0 Å². The number of amides is 2. The lowest BCUT2D eigenvalue weighted by molar-refractivity contribution is -0.147. The molecule has 162 valence electrons. The van der Waals surface area contributed by atoms with Crippen molar-refractivity contribution >= 4 is 26.0 Å². The Hall–Kier alpha value is -2.35. The summed E-state index contributed by atoms with van der Waals surface area (Å²) in [5.74, 6) is -1.52. The number of carbonyl (C=O) groups is 3. The summed E-state index contributed by atoms with van der Waals surface area (Å²) in [7, 11) is -1.22. The van der Waals surface area contributed by atoms with Crippen LogP contribution in [-0.4, -0.2) is 39.2 Å². The average Bonchev–Trinajstić information content (AvgIpc) is 2.64.